The van der Waals surface area contributed by atoms with Crippen molar-refractivity contribution in [1.29, 1.82) is 0 Å². The number of aryl methyl sites for hydroxylation is 2. The fourth-order valence-corrected chi connectivity index (χ4v) is 4.02. The second-order valence-corrected chi connectivity index (χ2v) is 7.88. The zero-order chi connectivity index (χ0) is 15.6. The van der Waals surface area contributed by atoms with Crippen LogP contribution >= 0.6 is 11.3 Å². The smallest absolute Gasteiger partial charge is 0.241 e. The quantitative estimate of drug-likeness (QED) is 0.883. The number of benzene rings is 1. The molecule has 5 nitrogen and oxygen atoms in total. The zero-order valence-electron chi connectivity index (χ0n) is 12.1. The molecule has 2 rings (SSSR count). The second kappa shape index (κ2) is 6.23. The molecule has 0 spiro atoms. The van der Waals surface area contributed by atoms with E-state index in [2.05, 4.69) is 9.71 Å². The van der Waals surface area contributed by atoms with Gasteiger partial charge in [0.05, 0.1) is 17.5 Å². The van der Waals surface area contributed by atoms with Crippen LogP contribution in [0, 0.1) is 13.8 Å². The van der Waals surface area contributed by atoms with Gasteiger partial charge in [-0.15, -0.1) is 11.3 Å². The molecule has 0 saturated heterocycles. The van der Waals surface area contributed by atoms with Crippen LogP contribution in [-0.4, -0.2) is 18.5 Å². The van der Waals surface area contributed by atoms with Crippen LogP contribution < -0.4 is 4.72 Å². The number of aliphatic hydroxyl groups excluding tert-OH is 1. The fourth-order valence-electron chi connectivity index (χ4n) is 1.91. The van der Waals surface area contributed by atoms with Crippen molar-refractivity contribution in [2.75, 3.05) is 0 Å². The third-order valence-electron chi connectivity index (χ3n) is 3.14. The maximum absolute atomic E-state index is 12.4. The summed E-state index contributed by atoms with van der Waals surface area (Å²) in [4.78, 5) is 5.38. The summed E-state index contributed by atoms with van der Waals surface area (Å²) in [5, 5.41) is 9.98. The van der Waals surface area contributed by atoms with E-state index in [9.17, 15) is 13.5 Å². The highest BCUT2D eigenvalue weighted by Gasteiger charge is 2.20. The molecule has 2 N–H and O–H groups in total. The Morgan fingerprint density at radius 1 is 1.38 bits per heavy atom. The Labute approximate surface area is 128 Å². The first-order valence-electron chi connectivity index (χ1n) is 6.48. The topological polar surface area (TPSA) is 79.3 Å². The molecule has 0 aliphatic carbocycles. The van der Waals surface area contributed by atoms with Gasteiger partial charge in [0.25, 0.3) is 0 Å². The van der Waals surface area contributed by atoms with E-state index < -0.39 is 16.1 Å². The van der Waals surface area contributed by atoms with Crippen molar-refractivity contribution in [3.05, 3.63) is 45.4 Å². The van der Waals surface area contributed by atoms with Crippen molar-refractivity contribution in [2.45, 2.75) is 38.3 Å². The molecule has 0 aliphatic rings. The van der Waals surface area contributed by atoms with Crippen LogP contribution in [0.5, 0.6) is 0 Å². The van der Waals surface area contributed by atoms with Crippen LogP contribution in [0.1, 0.15) is 34.0 Å². The van der Waals surface area contributed by atoms with Crippen LogP contribution in [0.15, 0.2) is 29.3 Å². The van der Waals surface area contributed by atoms with Gasteiger partial charge in [-0.25, -0.2) is 18.1 Å². The zero-order valence-corrected chi connectivity index (χ0v) is 13.8. The number of rotatable bonds is 5. The SMILES string of the molecule is Cc1cnc(C(C)NS(=O)(=O)c2ccc(C)c(CO)c2)s1. The molecule has 0 saturated carbocycles. The highest BCUT2D eigenvalue weighted by Crippen LogP contribution is 2.22. The molecule has 2 aromatic rings. The Bertz CT molecular complexity index is 738. The van der Waals surface area contributed by atoms with Gasteiger partial charge in [0.2, 0.25) is 10.0 Å². The molecule has 1 aromatic heterocycles. The van der Waals surface area contributed by atoms with Crippen molar-refractivity contribution in [2.24, 2.45) is 0 Å². The maximum Gasteiger partial charge on any atom is 0.241 e. The molecule has 1 aromatic carbocycles. The fraction of sp³-hybridized carbons (Fsp3) is 0.357. The van der Waals surface area contributed by atoms with E-state index >= 15 is 0 Å². The molecule has 0 fully saturated rings. The summed E-state index contributed by atoms with van der Waals surface area (Å²) in [6.07, 6.45) is 1.72. The Hall–Kier alpha value is -1.28. The average Bonchev–Trinajstić information content (AvgIpc) is 2.85. The molecule has 114 valence electrons. The van der Waals surface area contributed by atoms with Gasteiger partial charge < -0.3 is 5.11 Å². The summed E-state index contributed by atoms with van der Waals surface area (Å²) >= 11 is 1.46. The van der Waals surface area contributed by atoms with Crippen molar-refractivity contribution in [3.63, 3.8) is 0 Å². The summed E-state index contributed by atoms with van der Waals surface area (Å²) in [5.74, 6) is 0. The van der Waals surface area contributed by atoms with E-state index in [-0.39, 0.29) is 11.5 Å². The van der Waals surface area contributed by atoms with Gasteiger partial charge in [-0.2, -0.15) is 0 Å². The van der Waals surface area contributed by atoms with Crippen molar-refractivity contribution in [1.82, 2.24) is 9.71 Å². The Kier molecular flexibility index (Phi) is 4.77. The van der Waals surface area contributed by atoms with Crippen LogP contribution in [0.4, 0.5) is 0 Å². The van der Waals surface area contributed by atoms with Gasteiger partial charge in [0, 0.05) is 11.1 Å². The van der Waals surface area contributed by atoms with Gasteiger partial charge in [-0.3, -0.25) is 0 Å². The van der Waals surface area contributed by atoms with Gasteiger partial charge in [-0.1, -0.05) is 6.07 Å². The molecule has 0 amide bonds. The van der Waals surface area contributed by atoms with Crippen molar-refractivity contribution < 1.29 is 13.5 Å². The third kappa shape index (κ3) is 3.68. The third-order valence-corrected chi connectivity index (χ3v) is 5.78. The molecular weight excluding hydrogens is 308 g/mol. The van der Waals surface area contributed by atoms with E-state index in [0.29, 0.717) is 5.56 Å². The Morgan fingerprint density at radius 2 is 2.10 bits per heavy atom. The van der Waals surface area contributed by atoms with Crippen molar-refractivity contribution in [3.8, 4) is 0 Å². The van der Waals surface area contributed by atoms with Crippen molar-refractivity contribution >= 4 is 21.4 Å². The molecular formula is C14H18N2O3S2. The van der Waals surface area contributed by atoms with Crippen LogP contribution in [0.2, 0.25) is 0 Å². The highest BCUT2D eigenvalue weighted by atomic mass is 32.2. The monoisotopic (exact) mass is 326 g/mol. The second-order valence-electron chi connectivity index (χ2n) is 4.90. The average molecular weight is 326 g/mol. The van der Waals surface area contributed by atoms with Crippen LogP contribution in [0.3, 0.4) is 0 Å². The molecule has 7 heteroatoms. The lowest BCUT2D eigenvalue weighted by molar-refractivity contribution is 0.280. The predicted molar refractivity (Wildman–Crippen MR) is 82.7 cm³/mol. The lowest BCUT2D eigenvalue weighted by atomic mass is 10.1. The Morgan fingerprint density at radius 3 is 2.67 bits per heavy atom. The molecule has 1 unspecified atom stereocenters. The molecule has 1 atom stereocenters. The largest absolute Gasteiger partial charge is 0.392 e. The van der Waals surface area contributed by atoms with E-state index in [0.717, 1.165) is 15.4 Å². The van der Waals surface area contributed by atoms with Gasteiger partial charge >= 0.3 is 0 Å². The number of nitrogens with zero attached hydrogens (tertiary/aromatic N) is 1. The van der Waals surface area contributed by atoms with Gasteiger partial charge in [0.1, 0.15) is 5.01 Å². The predicted octanol–water partition coefficient (Wildman–Crippen LogP) is 2.29. The summed E-state index contributed by atoms with van der Waals surface area (Å²) < 4.78 is 27.4. The first-order valence-corrected chi connectivity index (χ1v) is 8.78. The van der Waals surface area contributed by atoms with Crippen LogP contribution in [-0.2, 0) is 16.6 Å². The van der Waals surface area contributed by atoms with Crippen LogP contribution in [0.25, 0.3) is 0 Å². The maximum atomic E-state index is 12.4. The number of aliphatic hydroxyl groups is 1. The first-order chi connectivity index (χ1) is 9.83. The van der Waals surface area contributed by atoms with E-state index in [4.69, 9.17) is 0 Å². The number of sulfonamides is 1. The molecule has 0 radical (unpaired) electrons. The molecule has 0 aliphatic heterocycles. The Balaban J connectivity index is 2.26. The van der Waals surface area contributed by atoms with Gasteiger partial charge in [-0.05, 0) is 44.0 Å². The van der Waals surface area contributed by atoms with E-state index in [1.165, 1.54) is 23.5 Å². The molecule has 1 heterocycles. The summed E-state index contributed by atoms with van der Waals surface area (Å²) in [5.41, 5.74) is 1.47. The lowest BCUT2D eigenvalue weighted by Gasteiger charge is -2.13. The lowest BCUT2D eigenvalue weighted by Crippen LogP contribution is -2.27. The van der Waals surface area contributed by atoms with E-state index in [1.807, 2.05) is 13.8 Å². The number of thiazole rings is 1. The van der Waals surface area contributed by atoms with Gasteiger partial charge in [0.15, 0.2) is 0 Å². The normalized spacial score (nSPS) is 13.3. The minimum absolute atomic E-state index is 0.150. The first kappa shape index (κ1) is 16.1. The molecule has 0 bridgehead atoms. The number of hydrogen-bond acceptors (Lipinski definition) is 5. The highest BCUT2D eigenvalue weighted by molar-refractivity contribution is 7.89. The number of nitrogens with one attached hydrogen (secondary N) is 1. The number of aromatic nitrogens is 1. The summed E-state index contributed by atoms with van der Waals surface area (Å²) in [6.45, 7) is 5.33. The number of hydrogen-bond donors (Lipinski definition) is 2. The van der Waals surface area contributed by atoms with E-state index in [1.54, 1.807) is 19.2 Å². The summed E-state index contributed by atoms with van der Waals surface area (Å²) in [6, 6.07) is 4.33. The minimum atomic E-state index is -3.64. The molecule has 21 heavy (non-hydrogen) atoms. The minimum Gasteiger partial charge on any atom is -0.392 e. The summed E-state index contributed by atoms with van der Waals surface area (Å²) in [7, 11) is -3.64. The standard InChI is InChI=1S/C14H18N2O3S2/c1-9-4-5-13(6-12(9)8-17)21(18,19)16-11(3)14-15-7-10(2)20-14/h4-7,11,16-17H,8H2,1-3H3.